The molecule has 2 N–H and O–H groups in total. The number of pyridine rings is 1. The van der Waals surface area contributed by atoms with Crippen LogP contribution < -0.4 is 5.73 Å². The third kappa shape index (κ3) is 2.23. The lowest BCUT2D eigenvalue weighted by atomic mass is 10.1. The molecule has 0 radical (unpaired) electrons. The summed E-state index contributed by atoms with van der Waals surface area (Å²) in [6, 6.07) is 13.2. The predicted molar refractivity (Wildman–Crippen MR) is 68.3 cm³/mol. The number of carbonyl (C=O) groups excluding carboxylic acids is 1. The summed E-state index contributed by atoms with van der Waals surface area (Å²) >= 11 is 0. The first-order valence-electron chi connectivity index (χ1n) is 5.21. The van der Waals surface area contributed by atoms with Gasteiger partial charge in [0.15, 0.2) is 0 Å². The van der Waals surface area contributed by atoms with Crippen LogP contribution in [0.25, 0.3) is 17.3 Å². The fourth-order valence-corrected chi connectivity index (χ4v) is 1.61. The first-order valence-corrected chi connectivity index (χ1v) is 5.21. The molecule has 0 bridgehead atoms. The SMILES string of the molecule is C=Cc1nc(-c2ccccc2)ccc1C(N)=O. The fraction of sp³-hybridized carbons (Fsp3) is 0. The van der Waals surface area contributed by atoms with Crippen molar-refractivity contribution in [1.82, 2.24) is 4.98 Å². The number of nitrogens with zero attached hydrogens (tertiary/aromatic N) is 1. The van der Waals surface area contributed by atoms with E-state index in [0.717, 1.165) is 11.3 Å². The zero-order valence-electron chi connectivity index (χ0n) is 9.26. The molecule has 0 fully saturated rings. The number of benzene rings is 1. The highest BCUT2D eigenvalue weighted by atomic mass is 16.1. The maximum Gasteiger partial charge on any atom is 0.250 e. The average Bonchev–Trinajstić information content (AvgIpc) is 2.39. The molecule has 1 heterocycles. The zero-order valence-corrected chi connectivity index (χ0v) is 9.26. The number of hydrogen-bond acceptors (Lipinski definition) is 2. The van der Waals surface area contributed by atoms with Gasteiger partial charge in [0.2, 0.25) is 0 Å². The van der Waals surface area contributed by atoms with Crippen molar-refractivity contribution >= 4 is 12.0 Å². The molecule has 0 atom stereocenters. The Balaban J connectivity index is 2.53. The highest BCUT2D eigenvalue weighted by Gasteiger charge is 2.08. The first kappa shape index (κ1) is 11.1. The molecule has 3 nitrogen and oxygen atoms in total. The number of carbonyl (C=O) groups is 1. The molecule has 0 saturated heterocycles. The average molecular weight is 224 g/mol. The van der Waals surface area contributed by atoms with Gasteiger partial charge in [-0.25, -0.2) is 4.98 Å². The summed E-state index contributed by atoms with van der Waals surface area (Å²) in [6.07, 6.45) is 1.53. The summed E-state index contributed by atoms with van der Waals surface area (Å²) in [5.41, 5.74) is 7.94. The van der Waals surface area contributed by atoms with Gasteiger partial charge in [-0.1, -0.05) is 36.9 Å². The van der Waals surface area contributed by atoms with Gasteiger partial charge in [-0.2, -0.15) is 0 Å². The summed E-state index contributed by atoms with van der Waals surface area (Å²) in [4.78, 5) is 15.5. The van der Waals surface area contributed by atoms with Crippen LogP contribution in [0.2, 0.25) is 0 Å². The van der Waals surface area contributed by atoms with Gasteiger partial charge in [0.05, 0.1) is 17.0 Å². The van der Waals surface area contributed by atoms with Gasteiger partial charge < -0.3 is 5.73 Å². The standard InChI is InChI=1S/C14H12N2O/c1-2-12-11(14(15)17)8-9-13(16-12)10-6-4-3-5-7-10/h2-9H,1H2,(H2,15,17). The molecule has 1 aromatic heterocycles. The summed E-state index contributed by atoms with van der Waals surface area (Å²) in [6.45, 7) is 3.64. The molecule has 0 aliphatic heterocycles. The topological polar surface area (TPSA) is 56.0 Å². The van der Waals surface area contributed by atoms with E-state index in [4.69, 9.17) is 5.73 Å². The Morgan fingerprint density at radius 2 is 1.88 bits per heavy atom. The molecule has 0 aliphatic carbocycles. The molecule has 3 heteroatoms. The minimum absolute atomic E-state index is 0.389. The highest BCUT2D eigenvalue weighted by molar-refractivity contribution is 5.96. The molecule has 84 valence electrons. The fourth-order valence-electron chi connectivity index (χ4n) is 1.61. The van der Waals surface area contributed by atoms with E-state index in [1.54, 1.807) is 12.1 Å². The van der Waals surface area contributed by atoms with Gasteiger partial charge in [0.25, 0.3) is 5.91 Å². The van der Waals surface area contributed by atoms with Crippen LogP contribution in [0.5, 0.6) is 0 Å². The molecule has 2 rings (SSSR count). The van der Waals surface area contributed by atoms with Gasteiger partial charge >= 0.3 is 0 Å². The third-order valence-electron chi connectivity index (χ3n) is 2.45. The number of amides is 1. The zero-order chi connectivity index (χ0) is 12.3. The van der Waals surface area contributed by atoms with Crippen LogP contribution >= 0.6 is 0 Å². The highest BCUT2D eigenvalue weighted by Crippen LogP contribution is 2.19. The minimum atomic E-state index is -0.494. The van der Waals surface area contributed by atoms with Crippen molar-refractivity contribution in [2.45, 2.75) is 0 Å². The van der Waals surface area contributed by atoms with Crippen LogP contribution in [0.1, 0.15) is 16.1 Å². The Morgan fingerprint density at radius 3 is 2.47 bits per heavy atom. The maximum absolute atomic E-state index is 11.2. The van der Waals surface area contributed by atoms with Crippen molar-refractivity contribution in [2.24, 2.45) is 5.73 Å². The molecule has 0 unspecified atom stereocenters. The number of nitrogens with two attached hydrogens (primary N) is 1. The van der Waals surface area contributed by atoms with Gasteiger partial charge in [-0.15, -0.1) is 0 Å². The largest absolute Gasteiger partial charge is 0.366 e. The van der Waals surface area contributed by atoms with Gasteiger partial charge in [-0.3, -0.25) is 4.79 Å². The van der Waals surface area contributed by atoms with Gasteiger partial charge in [-0.05, 0) is 18.2 Å². The van der Waals surface area contributed by atoms with E-state index in [-0.39, 0.29) is 0 Å². The van der Waals surface area contributed by atoms with Crippen LogP contribution in [0.4, 0.5) is 0 Å². The lowest BCUT2D eigenvalue weighted by Gasteiger charge is -2.05. The molecule has 0 saturated carbocycles. The number of rotatable bonds is 3. The second-order valence-electron chi connectivity index (χ2n) is 3.56. The molecule has 0 spiro atoms. The summed E-state index contributed by atoms with van der Waals surface area (Å²) in [7, 11) is 0. The van der Waals surface area contributed by atoms with Crippen LogP contribution in [0, 0.1) is 0 Å². The van der Waals surface area contributed by atoms with Crippen molar-refractivity contribution in [3.05, 3.63) is 60.3 Å². The van der Waals surface area contributed by atoms with E-state index in [9.17, 15) is 4.79 Å². The number of primary amides is 1. The minimum Gasteiger partial charge on any atom is -0.366 e. The lowest BCUT2D eigenvalue weighted by molar-refractivity contribution is 0.1000. The van der Waals surface area contributed by atoms with E-state index < -0.39 is 5.91 Å². The quantitative estimate of drug-likeness (QED) is 0.870. The Hall–Kier alpha value is -2.42. The molecule has 17 heavy (non-hydrogen) atoms. The van der Waals surface area contributed by atoms with Gasteiger partial charge in [0, 0.05) is 5.56 Å². The van der Waals surface area contributed by atoms with Crippen molar-refractivity contribution < 1.29 is 4.79 Å². The molecule has 2 aromatic rings. The molecular formula is C14H12N2O. The Morgan fingerprint density at radius 1 is 1.18 bits per heavy atom. The molecule has 1 amide bonds. The van der Waals surface area contributed by atoms with Crippen molar-refractivity contribution in [3.8, 4) is 11.3 Å². The van der Waals surface area contributed by atoms with E-state index in [1.165, 1.54) is 6.08 Å². The first-order chi connectivity index (χ1) is 8.22. The summed E-state index contributed by atoms with van der Waals surface area (Å²) in [5.74, 6) is -0.494. The third-order valence-corrected chi connectivity index (χ3v) is 2.45. The second-order valence-corrected chi connectivity index (χ2v) is 3.56. The summed E-state index contributed by atoms with van der Waals surface area (Å²) in [5, 5.41) is 0. The predicted octanol–water partition coefficient (Wildman–Crippen LogP) is 2.49. The van der Waals surface area contributed by atoms with E-state index in [1.807, 2.05) is 30.3 Å². The van der Waals surface area contributed by atoms with Crippen LogP contribution in [0.3, 0.4) is 0 Å². The lowest BCUT2D eigenvalue weighted by Crippen LogP contribution is -2.13. The number of aromatic nitrogens is 1. The monoisotopic (exact) mass is 224 g/mol. The summed E-state index contributed by atoms with van der Waals surface area (Å²) < 4.78 is 0. The number of hydrogen-bond donors (Lipinski definition) is 1. The van der Waals surface area contributed by atoms with Crippen LogP contribution in [-0.4, -0.2) is 10.9 Å². The van der Waals surface area contributed by atoms with Crippen molar-refractivity contribution in [1.29, 1.82) is 0 Å². The molecule has 0 aliphatic rings. The second kappa shape index (κ2) is 4.61. The van der Waals surface area contributed by atoms with E-state index in [2.05, 4.69) is 11.6 Å². The van der Waals surface area contributed by atoms with E-state index >= 15 is 0 Å². The smallest absolute Gasteiger partial charge is 0.250 e. The molecular weight excluding hydrogens is 212 g/mol. The Bertz CT molecular complexity index is 562. The molecule has 1 aromatic carbocycles. The normalized spacial score (nSPS) is 9.88. The Labute approximate surface area is 99.6 Å². The van der Waals surface area contributed by atoms with Crippen molar-refractivity contribution in [2.75, 3.05) is 0 Å². The van der Waals surface area contributed by atoms with Crippen molar-refractivity contribution in [3.63, 3.8) is 0 Å². The van der Waals surface area contributed by atoms with E-state index in [0.29, 0.717) is 11.3 Å². The van der Waals surface area contributed by atoms with Crippen LogP contribution in [0.15, 0.2) is 49.0 Å². The van der Waals surface area contributed by atoms with Gasteiger partial charge in [0.1, 0.15) is 0 Å². The maximum atomic E-state index is 11.2. The Kier molecular flexibility index (Phi) is 3.01. The van der Waals surface area contributed by atoms with Crippen LogP contribution in [-0.2, 0) is 0 Å².